The molecule has 3 aromatic rings. The number of hydrogen-bond donors (Lipinski definition) is 4. The van der Waals surface area contributed by atoms with Crippen molar-refractivity contribution in [2.45, 2.75) is 13.1 Å². The van der Waals surface area contributed by atoms with Gasteiger partial charge in [0.2, 0.25) is 11.9 Å². The number of rotatable bonds is 7. The largest absolute Gasteiger partial charge is 0.490 e. The molecule has 0 aliphatic carbocycles. The van der Waals surface area contributed by atoms with Crippen molar-refractivity contribution in [2.24, 2.45) is 0 Å². The van der Waals surface area contributed by atoms with E-state index in [4.69, 9.17) is 21.5 Å². The predicted molar refractivity (Wildman–Crippen MR) is 121 cm³/mol. The second-order valence-corrected chi connectivity index (χ2v) is 6.98. The van der Waals surface area contributed by atoms with E-state index in [9.17, 15) is 18.0 Å². The molecule has 0 fully saturated rings. The zero-order valence-corrected chi connectivity index (χ0v) is 18.5. The van der Waals surface area contributed by atoms with E-state index in [-0.39, 0.29) is 5.91 Å². The van der Waals surface area contributed by atoms with Gasteiger partial charge in [-0.15, -0.1) is 0 Å². The lowest BCUT2D eigenvalue weighted by atomic mass is 10.2. The SMILES string of the molecule is CC(=O)NCCNc1cc(-c2ccnc(Nc3cccc(Cl)c3)n2)ccn1.O=C(O)C(F)(F)F. The molecule has 2 heterocycles. The second-order valence-electron chi connectivity index (χ2n) is 6.54. The van der Waals surface area contributed by atoms with Crippen molar-refractivity contribution in [3.8, 4) is 11.3 Å². The van der Waals surface area contributed by atoms with Gasteiger partial charge in [-0.1, -0.05) is 17.7 Å². The molecule has 1 amide bonds. The molecule has 0 spiro atoms. The van der Waals surface area contributed by atoms with Gasteiger partial charge in [0.05, 0.1) is 5.69 Å². The lowest BCUT2D eigenvalue weighted by Gasteiger charge is -2.09. The van der Waals surface area contributed by atoms with Crippen LogP contribution in [0.4, 0.5) is 30.6 Å². The summed E-state index contributed by atoms with van der Waals surface area (Å²) in [5.41, 5.74) is 2.49. The summed E-state index contributed by atoms with van der Waals surface area (Å²) in [7, 11) is 0. The van der Waals surface area contributed by atoms with Gasteiger partial charge in [-0.2, -0.15) is 13.2 Å². The molecule has 0 aliphatic heterocycles. The van der Waals surface area contributed by atoms with E-state index in [0.717, 1.165) is 16.9 Å². The summed E-state index contributed by atoms with van der Waals surface area (Å²) in [4.78, 5) is 32.9. The van der Waals surface area contributed by atoms with E-state index < -0.39 is 12.1 Å². The van der Waals surface area contributed by atoms with E-state index in [1.54, 1.807) is 24.5 Å². The van der Waals surface area contributed by atoms with Crippen LogP contribution in [0.25, 0.3) is 11.3 Å². The van der Waals surface area contributed by atoms with Crippen LogP contribution in [0.1, 0.15) is 6.92 Å². The Kier molecular flexibility index (Phi) is 9.56. The van der Waals surface area contributed by atoms with Crippen LogP contribution in [-0.4, -0.2) is 51.2 Å². The number of aromatic nitrogens is 3. The summed E-state index contributed by atoms with van der Waals surface area (Å²) < 4.78 is 31.7. The molecule has 0 atom stereocenters. The van der Waals surface area contributed by atoms with E-state index in [1.165, 1.54) is 6.92 Å². The number of nitrogens with zero attached hydrogens (tertiary/aromatic N) is 3. The van der Waals surface area contributed by atoms with E-state index in [1.807, 2.05) is 30.3 Å². The number of pyridine rings is 1. The Hall–Kier alpha value is -3.93. The van der Waals surface area contributed by atoms with Gasteiger partial charge in [-0.3, -0.25) is 4.79 Å². The minimum absolute atomic E-state index is 0.0563. The van der Waals surface area contributed by atoms with Crippen LogP contribution >= 0.6 is 11.6 Å². The van der Waals surface area contributed by atoms with Crippen LogP contribution in [0.5, 0.6) is 0 Å². The summed E-state index contributed by atoms with van der Waals surface area (Å²) in [6.07, 6.45) is -1.68. The highest BCUT2D eigenvalue weighted by molar-refractivity contribution is 6.30. The summed E-state index contributed by atoms with van der Waals surface area (Å²) in [6.45, 7) is 2.60. The topological polar surface area (TPSA) is 129 Å². The standard InChI is InChI=1S/C19H19ClN6O.C2HF3O2/c1-13(27)21-9-10-23-18-11-14(5-7-22-18)17-6-8-24-19(26-17)25-16-4-2-3-15(20)12-16;3-2(4,5)1(6)7/h2-8,11-12H,9-10H2,1H3,(H,21,27)(H,22,23)(H,24,25,26);(H,6,7). The lowest BCUT2D eigenvalue weighted by Crippen LogP contribution is -2.26. The van der Waals surface area contributed by atoms with Crippen molar-refractivity contribution in [1.29, 1.82) is 0 Å². The van der Waals surface area contributed by atoms with Crippen molar-refractivity contribution in [3.05, 3.63) is 59.9 Å². The second kappa shape index (κ2) is 12.3. The highest BCUT2D eigenvalue weighted by Crippen LogP contribution is 2.22. The molecule has 0 radical (unpaired) electrons. The van der Waals surface area contributed by atoms with Crippen LogP contribution in [0.15, 0.2) is 54.9 Å². The number of carbonyl (C=O) groups excluding carboxylic acids is 1. The molecular formula is C21H20ClF3N6O3. The molecule has 9 nitrogen and oxygen atoms in total. The Bertz CT molecular complexity index is 1130. The number of carbonyl (C=O) groups is 2. The molecule has 2 aromatic heterocycles. The third-order valence-electron chi connectivity index (χ3n) is 3.84. The molecule has 0 saturated carbocycles. The quantitative estimate of drug-likeness (QED) is 0.359. The van der Waals surface area contributed by atoms with Crippen LogP contribution in [0.2, 0.25) is 5.02 Å². The number of halogens is 4. The van der Waals surface area contributed by atoms with Gasteiger partial charge in [0.1, 0.15) is 5.82 Å². The highest BCUT2D eigenvalue weighted by Gasteiger charge is 2.38. The van der Waals surface area contributed by atoms with Crippen LogP contribution in [-0.2, 0) is 9.59 Å². The number of alkyl halides is 3. The Balaban J connectivity index is 0.000000509. The Morgan fingerprint density at radius 3 is 2.41 bits per heavy atom. The number of aliphatic carboxylic acids is 1. The fourth-order valence-electron chi connectivity index (χ4n) is 2.39. The molecular weight excluding hydrogens is 477 g/mol. The first-order chi connectivity index (χ1) is 16.0. The number of benzene rings is 1. The Morgan fingerprint density at radius 1 is 1.06 bits per heavy atom. The van der Waals surface area contributed by atoms with Crippen molar-refractivity contribution in [3.63, 3.8) is 0 Å². The highest BCUT2D eigenvalue weighted by atomic mass is 35.5. The number of carboxylic acid groups (broad SMARTS) is 1. The summed E-state index contributed by atoms with van der Waals surface area (Å²) >= 11 is 6.01. The third kappa shape index (κ3) is 9.28. The number of carboxylic acids is 1. The zero-order valence-electron chi connectivity index (χ0n) is 17.7. The normalized spacial score (nSPS) is 10.5. The van der Waals surface area contributed by atoms with Crippen LogP contribution in [0.3, 0.4) is 0 Å². The average molecular weight is 497 g/mol. The first-order valence-electron chi connectivity index (χ1n) is 9.65. The maximum Gasteiger partial charge on any atom is 0.490 e. The first-order valence-corrected chi connectivity index (χ1v) is 10.0. The number of anilines is 3. The Morgan fingerprint density at radius 2 is 1.76 bits per heavy atom. The van der Waals surface area contributed by atoms with Crippen LogP contribution < -0.4 is 16.0 Å². The molecule has 0 bridgehead atoms. The average Bonchev–Trinajstić information content (AvgIpc) is 2.77. The third-order valence-corrected chi connectivity index (χ3v) is 4.07. The van der Waals surface area contributed by atoms with Crippen molar-refractivity contribution < 1.29 is 27.9 Å². The van der Waals surface area contributed by atoms with Gasteiger partial charge in [0.15, 0.2) is 0 Å². The molecule has 34 heavy (non-hydrogen) atoms. The number of hydrogen-bond acceptors (Lipinski definition) is 7. The molecule has 0 unspecified atom stereocenters. The van der Waals surface area contributed by atoms with Gasteiger partial charge in [-0.25, -0.2) is 19.7 Å². The van der Waals surface area contributed by atoms with Gasteiger partial charge in [-0.05, 0) is 36.4 Å². The Labute approximate surface area is 197 Å². The molecule has 0 aliphatic rings. The molecule has 0 saturated heterocycles. The molecule has 3 rings (SSSR count). The van der Waals surface area contributed by atoms with E-state index >= 15 is 0 Å². The van der Waals surface area contributed by atoms with Gasteiger partial charge in [0.25, 0.3) is 0 Å². The summed E-state index contributed by atoms with van der Waals surface area (Å²) in [5, 5.41) is 16.8. The molecule has 4 N–H and O–H groups in total. The molecule has 180 valence electrons. The number of nitrogens with one attached hydrogen (secondary N) is 3. The first kappa shape index (κ1) is 26.3. The van der Waals surface area contributed by atoms with E-state index in [2.05, 4.69) is 30.9 Å². The van der Waals surface area contributed by atoms with Gasteiger partial charge >= 0.3 is 12.1 Å². The van der Waals surface area contributed by atoms with E-state index in [0.29, 0.717) is 29.9 Å². The summed E-state index contributed by atoms with van der Waals surface area (Å²) in [6, 6.07) is 13.0. The van der Waals surface area contributed by atoms with Crippen LogP contribution in [0, 0.1) is 0 Å². The van der Waals surface area contributed by atoms with Crippen molar-refractivity contribution in [2.75, 3.05) is 23.7 Å². The minimum Gasteiger partial charge on any atom is -0.475 e. The molecule has 1 aromatic carbocycles. The lowest BCUT2D eigenvalue weighted by molar-refractivity contribution is -0.192. The monoisotopic (exact) mass is 496 g/mol. The minimum atomic E-state index is -5.08. The fourth-order valence-corrected chi connectivity index (χ4v) is 2.58. The zero-order chi connectivity index (χ0) is 25.1. The number of amides is 1. The van der Waals surface area contributed by atoms with Crippen molar-refractivity contribution in [1.82, 2.24) is 20.3 Å². The summed E-state index contributed by atoms with van der Waals surface area (Å²) in [5.74, 6) is -1.63. The van der Waals surface area contributed by atoms with Gasteiger partial charge in [0, 0.05) is 48.7 Å². The fraction of sp³-hybridized carbons (Fsp3) is 0.190. The smallest absolute Gasteiger partial charge is 0.475 e. The predicted octanol–water partition coefficient (Wildman–Crippen LogP) is 4.12. The van der Waals surface area contributed by atoms with Gasteiger partial charge < -0.3 is 21.1 Å². The maximum absolute atomic E-state index is 10.9. The molecule has 13 heteroatoms. The maximum atomic E-state index is 10.9. The van der Waals surface area contributed by atoms with Crippen molar-refractivity contribution >= 4 is 40.9 Å².